The van der Waals surface area contributed by atoms with Crippen molar-refractivity contribution in [1.29, 1.82) is 0 Å². The molecule has 0 fully saturated rings. The zero-order valence-corrected chi connectivity index (χ0v) is 19.9. The van der Waals surface area contributed by atoms with Gasteiger partial charge in [-0.1, -0.05) is 109 Å². The second kappa shape index (κ2) is 8.42. The van der Waals surface area contributed by atoms with E-state index < -0.39 is 18.1 Å². The number of rotatable bonds is 6. The second-order valence-corrected chi connectivity index (χ2v) is 14.8. The summed E-state index contributed by atoms with van der Waals surface area (Å²) in [7, 11) is -6.01. The van der Waals surface area contributed by atoms with Gasteiger partial charge in [-0.3, -0.25) is 0 Å². The molecule has 0 aliphatic heterocycles. The lowest BCUT2D eigenvalue weighted by atomic mass is 10.0. The summed E-state index contributed by atoms with van der Waals surface area (Å²) in [5.74, 6) is 0. The molecule has 0 amide bonds. The van der Waals surface area contributed by atoms with Crippen molar-refractivity contribution in [3.63, 3.8) is 0 Å². The van der Waals surface area contributed by atoms with Crippen LogP contribution in [-0.4, -0.2) is 16.5 Å². The minimum Gasteiger partial charge on any atom is -0.207 e. The summed E-state index contributed by atoms with van der Waals surface area (Å²) in [6.45, 7) is 6.41. The number of hydrogen-bond acceptors (Lipinski definition) is 2. The average molecular weight is 446 g/mol. The van der Waals surface area contributed by atoms with Crippen LogP contribution in [0.3, 0.4) is 0 Å². The van der Waals surface area contributed by atoms with Gasteiger partial charge in [0.25, 0.3) is 0 Å². The third-order valence-corrected chi connectivity index (χ3v) is 11.3. The third kappa shape index (κ3) is 4.35. The number of hydrogen-bond donors (Lipinski definition) is 1. The number of fused-ring (bicyclic) bond motifs is 1. The number of nitrogens with one attached hydrogen (secondary N) is 1. The van der Waals surface area contributed by atoms with Crippen LogP contribution in [0.4, 0.5) is 0 Å². The quantitative estimate of drug-likeness (QED) is 0.408. The molecular formula is C26H27NO2SSi. The molecule has 158 valence electrons. The molecule has 1 N–H and O–H groups in total. The van der Waals surface area contributed by atoms with E-state index in [4.69, 9.17) is 0 Å². The molecule has 31 heavy (non-hydrogen) atoms. The van der Waals surface area contributed by atoms with Crippen LogP contribution in [0.1, 0.15) is 16.8 Å². The lowest BCUT2D eigenvalue weighted by molar-refractivity contribution is 0.578. The minimum atomic E-state index is -3.70. The predicted octanol–water partition coefficient (Wildman–Crippen LogP) is 5.32. The molecule has 0 bridgehead atoms. The van der Waals surface area contributed by atoms with Gasteiger partial charge in [-0.05, 0) is 35.4 Å². The van der Waals surface area contributed by atoms with Crippen LogP contribution < -0.4 is 9.91 Å². The highest BCUT2D eigenvalue weighted by Crippen LogP contribution is 2.32. The normalized spacial score (nSPS) is 13.3. The molecular weight excluding hydrogens is 418 g/mol. The Labute approximate surface area is 185 Å². The van der Waals surface area contributed by atoms with Crippen molar-refractivity contribution < 1.29 is 8.42 Å². The summed E-state index contributed by atoms with van der Waals surface area (Å²) in [6, 6.07) is 31.6. The maximum Gasteiger partial charge on any atom is 0.240 e. The Morgan fingerprint density at radius 3 is 2.06 bits per heavy atom. The number of aryl methyl sites for hydroxylation is 1. The van der Waals surface area contributed by atoms with Crippen LogP contribution in [0.5, 0.6) is 0 Å². The Kier molecular flexibility index (Phi) is 5.84. The number of sulfonamides is 1. The summed E-state index contributed by atoms with van der Waals surface area (Å²) in [5.41, 5.74) is 1.73. The Morgan fingerprint density at radius 2 is 1.35 bits per heavy atom. The van der Waals surface area contributed by atoms with E-state index in [-0.39, 0.29) is 5.67 Å². The van der Waals surface area contributed by atoms with E-state index in [9.17, 15) is 8.42 Å². The highest BCUT2D eigenvalue weighted by Gasteiger charge is 2.38. The molecule has 5 heteroatoms. The van der Waals surface area contributed by atoms with Gasteiger partial charge in [-0.15, -0.1) is 0 Å². The summed E-state index contributed by atoms with van der Waals surface area (Å²) in [4.78, 5) is 0.293. The van der Waals surface area contributed by atoms with Crippen molar-refractivity contribution in [1.82, 2.24) is 4.72 Å². The van der Waals surface area contributed by atoms with Crippen molar-refractivity contribution in [3.05, 3.63) is 108 Å². The fourth-order valence-corrected chi connectivity index (χ4v) is 9.20. The lowest BCUT2D eigenvalue weighted by Crippen LogP contribution is -2.54. The molecule has 0 aliphatic carbocycles. The van der Waals surface area contributed by atoms with E-state index in [0.717, 1.165) is 21.9 Å². The van der Waals surface area contributed by atoms with Crippen LogP contribution >= 0.6 is 0 Å². The zero-order chi connectivity index (χ0) is 22.1. The van der Waals surface area contributed by atoms with E-state index in [1.165, 1.54) is 5.19 Å². The number of benzene rings is 4. The summed E-state index contributed by atoms with van der Waals surface area (Å²) >= 11 is 0. The van der Waals surface area contributed by atoms with E-state index >= 15 is 0 Å². The fourth-order valence-electron chi connectivity index (χ4n) is 4.08. The van der Waals surface area contributed by atoms with E-state index in [1.807, 2.05) is 55.5 Å². The Hall–Kier alpha value is -2.73. The average Bonchev–Trinajstić information content (AvgIpc) is 2.78. The first-order valence-electron chi connectivity index (χ1n) is 10.4. The molecule has 1 unspecified atom stereocenters. The minimum absolute atomic E-state index is 0.293. The molecule has 0 spiro atoms. The highest BCUT2D eigenvalue weighted by molar-refractivity contribution is 7.89. The highest BCUT2D eigenvalue weighted by atomic mass is 32.2. The molecule has 4 aromatic rings. The van der Waals surface area contributed by atoms with Gasteiger partial charge >= 0.3 is 0 Å². The topological polar surface area (TPSA) is 46.2 Å². The molecule has 0 radical (unpaired) electrons. The molecule has 3 nitrogen and oxygen atoms in total. The largest absolute Gasteiger partial charge is 0.240 e. The van der Waals surface area contributed by atoms with Crippen molar-refractivity contribution in [3.8, 4) is 0 Å². The van der Waals surface area contributed by atoms with Crippen molar-refractivity contribution in [2.75, 3.05) is 0 Å². The monoisotopic (exact) mass is 445 g/mol. The predicted molar refractivity (Wildman–Crippen MR) is 132 cm³/mol. The molecule has 4 rings (SSSR count). The molecule has 0 saturated carbocycles. The fraction of sp³-hybridized carbons (Fsp3) is 0.154. The smallest absolute Gasteiger partial charge is 0.207 e. The second-order valence-electron chi connectivity index (χ2n) is 8.52. The third-order valence-electron chi connectivity index (χ3n) is 5.98. The first kappa shape index (κ1) is 21.5. The Morgan fingerprint density at radius 1 is 0.742 bits per heavy atom. The summed E-state index contributed by atoms with van der Waals surface area (Å²) in [6.07, 6.45) is 0. The van der Waals surface area contributed by atoms with Crippen LogP contribution in [0.25, 0.3) is 10.8 Å². The van der Waals surface area contributed by atoms with E-state index in [1.54, 1.807) is 12.1 Å². The molecule has 1 atom stereocenters. The Balaban J connectivity index is 1.88. The maximum atomic E-state index is 13.5. The molecule has 0 heterocycles. The first-order valence-corrected chi connectivity index (χ1v) is 15.0. The summed E-state index contributed by atoms with van der Waals surface area (Å²) in [5, 5.41) is 3.40. The standard InChI is InChI=1S/C26H27NO2SSi/c1-20-16-18-22(19-17-20)30(28,29)27-26(31(2,3)23-12-5-4-6-13-23)25-15-9-11-21-10-7-8-14-24(21)25/h4-19,26-27H,1-3H3. The van der Waals surface area contributed by atoms with Crippen LogP contribution in [0.2, 0.25) is 13.1 Å². The van der Waals surface area contributed by atoms with Gasteiger partial charge in [0.15, 0.2) is 0 Å². The van der Waals surface area contributed by atoms with Gasteiger partial charge in [0.05, 0.1) is 4.90 Å². The van der Waals surface area contributed by atoms with E-state index in [0.29, 0.717) is 4.90 Å². The molecule has 4 aromatic carbocycles. The maximum absolute atomic E-state index is 13.5. The van der Waals surface area contributed by atoms with Gasteiger partial charge in [-0.25, -0.2) is 13.1 Å². The van der Waals surface area contributed by atoms with Gasteiger partial charge in [0.1, 0.15) is 8.07 Å². The zero-order valence-electron chi connectivity index (χ0n) is 18.0. The van der Waals surface area contributed by atoms with Gasteiger partial charge in [0.2, 0.25) is 10.0 Å². The first-order chi connectivity index (χ1) is 14.8. The van der Waals surface area contributed by atoms with Gasteiger partial charge < -0.3 is 0 Å². The van der Waals surface area contributed by atoms with Crippen LogP contribution in [0, 0.1) is 6.92 Å². The van der Waals surface area contributed by atoms with Crippen molar-refractivity contribution in [2.24, 2.45) is 0 Å². The molecule has 0 aromatic heterocycles. The van der Waals surface area contributed by atoms with Gasteiger partial charge in [-0.2, -0.15) is 0 Å². The summed E-state index contributed by atoms with van der Waals surface area (Å²) < 4.78 is 30.0. The van der Waals surface area contributed by atoms with Crippen molar-refractivity contribution >= 4 is 34.1 Å². The van der Waals surface area contributed by atoms with Crippen molar-refractivity contribution in [2.45, 2.75) is 30.6 Å². The van der Waals surface area contributed by atoms with Gasteiger partial charge in [0, 0.05) is 5.67 Å². The lowest BCUT2D eigenvalue weighted by Gasteiger charge is -2.34. The SMILES string of the molecule is Cc1ccc(S(=O)(=O)NC(c2cccc3ccccc23)[Si](C)(C)c2ccccc2)cc1. The van der Waals surface area contributed by atoms with Crippen LogP contribution in [-0.2, 0) is 10.0 Å². The van der Waals surface area contributed by atoms with Crippen LogP contribution in [0.15, 0.2) is 102 Å². The Bertz CT molecular complexity index is 1300. The molecule has 0 aliphatic rings. The van der Waals surface area contributed by atoms with E-state index in [2.05, 4.69) is 54.2 Å². The molecule has 0 saturated heterocycles.